The first-order valence-electron chi connectivity index (χ1n) is 10.6. The van der Waals surface area contributed by atoms with Gasteiger partial charge in [-0.3, -0.25) is 9.62 Å². The zero-order chi connectivity index (χ0) is 22.7. The highest BCUT2D eigenvalue weighted by atomic mass is 32.2. The van der Waals surface area contributed by atoms with Crippen LogP contribution in [0, 0.1) is 12.8 Å². The van der Waals surface area contributed by atoms with Gasteiger partial charge in [-0.15, -0.1) is 11.3 Å². The predicted octanol–water partition coefficient (Wildman–Crippen LogP) is 4.08. The molecule has 9 heteroatoms. The van der Waals surface area contributed by atoms with Gasteiger partial charge in [-0.2, -0.15) is 8.42 Å². The zero-order valence-electron chi connectivity index (χ0n) is 18.5. The Balaban J connectivity index is 1.46. The zero-order valence-corrected chi connectivity index (χ0v) is 20.1. The molecule has 0 saturated carbocycles. The van der Waals surface area contributed by atoms with Gasteiger partial charge in [-0.1, -0.05) is 30.3 Å². The Morgan fingerprint density at radius 1 is 1.28 bits per heavy atom. The number of nitrogens with one attached hydrogen (secondary N) is 1. The summed E-state index contributed by atoms with van der Waals surface area (Å²) in [5.41, 5.74) is 4.66. The van der Waals surface area contributed by atoms with Crippen molar-refractivity contribution in [3.05, 3.63) is 64.6 Å². The average molecular weight is 471 g/mol. The van der Waals surface area contributed by atoms with Crippen LogP contribution in [0.3, 0.4) is 0 Å². The first kappa shape index (κ1) is 22.6. The predicted molar refractivity (Wildman–Crippen MR) is 128 cm³/mol. The van der Waals surface area contributed by atoms with E-state index in [9.17, 15) is 8.42 Å². The highest BCUT2D eigenvalue weighted by molar-refractivity contribution is 7.92. The minimum atomic E-state index is -3.77. The van der Waals surface area contributed by atoms with Crippen LogP contribution in [0.15, 0.2) is 58.5 Å². The molecule has 0 bridgehead atoms. The second-order valence-corrected chi connectivity index (χ2v) is 10.5. The van der Waals surface area contributed by atoms with Crippen LogP contribution in [0.25, 0.3) is 0 Å². The van der Waals surface area contributed by atoms with Crippen LogP contribution in [0.4, 0.5) is 11.5 Å². The highest BCUT2D eigenvalue weighted by Gasteiger charge is 2.28. The summed E-state index contributed by atoms with van der Waals surface area (Å²) in [4.78, 5) is 10.7. The third kappa shape index (κ3) is 5.06. The fraction of sp³-hybridized carbons (Fsp3) is 0.348. The van der Waals surface area contributed by atoms with Crippen LogP contribution < -0.4 is 4.72 Å². The van der Waals surface area contributed by atoms with Crippen molar-refractivity contribution in [3.8, 4) is 0 Å². The SMILES string of the molecule is Cc1cc(S(=O)(=O)Nc2cscn2)ncc1[N+](C)=CC1CCN([C@H](C)c2ccccc2)C1. The number of aromatic nitrogens is 2. The summed E-state index contributed by atoms with van der Waals surface area (Å²) < 4.78 is 29.7. The summed E-state index contributed by atoms with van der Waals surface area (Å²) >= 11 is 1.33. The van der Waals surface area contributed by atoms with Crippen molar-refractivity contribution < 1.29 is 13.0 Å². The first-order valence-corrected chi connectivity index (χ1v) is 13.0. The molecular formula is C23H28N5O2S2+. The number of hydrogen-bond acceptors (Lipinski definition) is 6. The quantitative estimate of drug-likeness (QED) is 0.416. The van der Waals surface area contributed by atoms with Crippen molar-refractivity contribution in [1.82, 2.24) is 14.9 Å². The van der Waals surface area contributed by atoms with Gasteiger partial charge in [0.1, 0.15) is 19.5 Å². The lowest BCUT2D eigenvalue weighted by atomic mass is 10.1. The molecule has 168 valence electrons. The highest BCUT2D eigenvalue weighted by Crippen LogP contribution is 2.27. The second kappa shape index (κ2) is 9.48. The number of rotatable bonds is 7. The molecule has 1 unspecified atom stereocenters. The maximum atomic E-state index is 12.6. The van der Waals surface area contributed by atoms with Crippen molar-refractivity contribution >= 4 is 39.1 Å². The first-order chi connectivity index (χ1) is 15.3. The number of anilines is 1. The van der Waals surface area contributed by atoms with E-state index in [0.29, 0.717) is 17.8 Å². The Morgan fingerprint density at radius 2 is 2.06 bits per heavy atom. The number of pyridine rings is 1. The van der Waals surface area contributed by atoms with Gasteiger partial charge in [-0.05, 0) is 38.4 Å². The van der Waals surface area contributed by atoms with E-state index in [-0.39, 0.29) is 5.03 Å². The van der Waals surface area contributed by atoms with Gasteiger partial charge >= 0.3 is 0 Å². The maximum Gasteiger partial charge on any atom is 0.280 e. The van der Waals surface area contributed by atoms with E-state index in [2.05, 4.69) is 61.6 Å². The van der Waals surface area contributed by atoms with E-state index in [1.165, 1.54) is 16.9 Å². The van der Waals surface area contributed by atoms with Gasteiger partial charge in [0.15, 0.2) is 10.8 Å². The fourth-order valence-corrected chi connectivity index (χ4v) is 5.69. The maximum absolute atomic E-state index is 12.6. The molecule has 1 saturated heterocycles. The topological polar surface area (TPSA) is 78.2 Å². The number of aryl methyl sites for hydroxylation is 1. The Bertz CT molecular complexity index is 1190. The van der Waals surface area contributed by atoms with E-state index < -0.39 is 10.0 Å². The molecule has 2 atom stereocenters. The van der Waals surface area contributed by atoms with Crippen LogP contribution in [-0.4, -0.2) is 54.2 Å². The van der Waals surface area contributed by atoms with Gasteiger partial charge in [-0.25, -0.2) is 14.5 Å². The third-order valence-electron chi connectivity index (χ3n) is 5.90. The summed E-state index contributed by atoms with van der Waals surface area (Å²) in [6.45, 7) is 6.22. The van der Waals surface area contributed by atoms with E-state index in [1.54, 1.807) is 23.2 Å². The molecular weight excluding hydrogens is 442 g/mol. The molecule has 1 aromatic carbocycles. The minimum absolute atomic E-state index is 0.0103. The van der Waals surface area contributed by atoms with Crippen LogP contribution in [-0.2, 0) is 10.0 Å². The average Bonchev–Trinajstić information content (AvgIpc) is 3.45. The molecule has 3 heterocycles. The van der Waals surface area contributed by atoms with E-state index in [4.69, 9.17) is 0 Å². The molecule has 4 rings (SSSR count). The van der Waals surface area contributed by atoms with E-state index >= 15 is 0 Å². The molecule has 1 aliphatic heterocycles. The molecule has 1 aliphatic rings. The molecule has 7 nitrogen and oxygen atoms in total. The fourth-order valence-electron chi connectivity index (χ4n) is 4.12. The Hall–Kier alpha value is -2.62. The smallest absolute Gasteiger partial charge is 0.280 e. The van der Waals surface area contributed by atoms with Gasteiger partial charge < -0.3 is 0 Å². The number of nitrogens with zero attached hydrogens (tertiary/aromatic N) is 4. The van der Waals surface area contributed by atoms with Gasteiger partial charge in [0.25, 0.3) is 10.0 Å². The van der Waals surface area contributed by atoms with Crippen LogP contribution in [0.5, 0.6) is 0 Å². The van der Waals surface area contributed by atoms with Crippen molar-refractivity contribution in [2.75, 3.05) is 24.9 Å². The van der Waals surface area contributed by atoms with Crippen molar-refractivity contribution in [1.29, 1.82) is 0 Å². The molecule has 32 heavy (non-hydrogen) atoms. The monoisotopic (exact) mass is 470 g/mol. The minimum Gasteiger partial charge on any atom is -0.296 e. The second-order valence-electron chi connectivity index (χ2n) is 8.18. The van der Waals surface area contributed by atoms with E-state index in [0.717, 1.165) is 30.8 Å². The summed E-state index contributed by atoms with van der Waals surface area (Å²) in [5.74, 6) is 0.736. The number of likely N-dealkylation sites (tertiary alicyclic amines) is 1. The lowest BCUT2D eigenvalue weighted by molar-refractivity contribution is -0.403. The molecule has 0 radical (unpaired) electrons. The molecule has 0 aliphatic carbocycles. The Labute approximate surface area is 193 Å². The van der Waals surface area contributed by atoms with Crippen LogP contribution >= 0.6 is 11.3 Å². The van der Waals surface area contributed by atoms with E-state index in [1.807, 2.05) is 20.0 Å². The summed E-state index contributed by atoms with van der Waals surface area (Å²) in [6.07, 6.45) is 4.95. The van der Waals surface area contributed by atoms with Crippen molar-refractivity contribution in [3.63, 3.8) is 0 Å². The number of thiazole rings is 1. The molecule has 3 aromatic rings. The van der Waals surface area contributed by atoms with Gasteiger partial charge in [0.05, 0.1) is 11.4 Å². The van der Waals surface area contributed by atoms with Crippen LogP contribution in [0.2, 0.25) is 0 Å². The summed E-state index contributed by atoms with van der Waals surface area (Å²) in [5, 5.41) is 1.63. The molecule has 1 N–H and O–H groups in total. The molecule has 0 amide bonds. The molecule has 2 aromatic heterocycles. The molecule has 1 fully saturated rings. The van der Waals surface area contributed by atoms with Crippen molar-refractivity contribution in [2.24, 2.45) is 5.92 Å². The third-order valence-corrected chi connectivity index (χ3v) is 7.74. The lowest BCUT2D eigenvalue weighted by Gasteiger charge is -2.24. The lowest BCUT2D eigenvalue weighted by Crippen LogP contribution is -2.25. The Morgan fingerprint density at radius 3 is 2.75 bits per heavy atom. The Kier molecular flexibility index (Phi) is 6.68. The summed E-state index contributed by atoms with van der Waals surface area (Å²) in [6, 6.07) is 12.6. The van der Waals surface area contributed by atoms with Gasteiger partial charge in [0.2, 0.25) is 5.69 Å². The summed E-state index contributed by atoms with van der Waals surface area (Å²) in [7, 11) is -1.77. The largest absolute Gasteiger partial charge is 0.296 e. The normalized spacial score (nSPS) is 18.6. The number of sulfonamides is 1. The molecule has 0 spiro atoms. The van der Waals surface area contributed by atoms with Crippen LogP contribution in [0.1, 0.15) is 30.5 Å². The number of hydrogen-bond donors (Lipinski definition) is 1. The standard InChI is InChI=1S/C23H28N5O2S2/c1-17-11-23(32(29,30)26-22-15-31-16-25-22)24-12-21(17)27(3)13-19-9-10-28(14-19)18(2)20-7-5-4-6-8-20/h4-8,11-13,15-16,18-19,26H,9-10,14H2,1-3H3/q+1/t18-,19?/m1/s1. The van der Waals surface area contributed by atoms with Gasteiger partial charge in [0, 0.05) is 23.5 Å². The van der Waals surface area contributed by atoms with Crippen molar-refractivity contribution in [2.45, 2.75) is 31.3 Å². The number of benzene rings is 1.